The van der Waals surface area contributed by atoms with Gasteiger partial charge in [-0.2, -0.15) is 9.78 Å². The Morgan fingerprint density at radius 2 is 2.04 bits per heavy atom. The summed E-state index contributed by atoms with van der Waals surface area (Å²) in [5, 5.41) is 13.3. The van der Waals surface area contributed by atoms with Crippen LogP contribution in [0.15, 0.2) is 63.5 Å². The number of ether oxygens (including phenoxy) is 1. The Bertz CT molecular complexity index is 877. The molecule has 0 saturated carbocycles. The van der Waals surface area contributed by atoms with Crippen molar-refractivity contribution in [2.45, 2.75) is 17.8 Å². The average Bonchev–Trinajstić information content (AvgIpc) is 3.07. The van der Waals surface area contributed by atoms with Crippen molar-refractivity contribution in [2.24, 2.45) is 5.10 Å². The van der Waals surface area contributed by atoms with Gasteiger partial charge in [0.1, 0.15) is 12.1 Å². The van der Waals surface area contributed by atoms with Crippen molar-refractivity contribution in [1.82, 2.24) is 14.9 Å². The van der Waals surface area contributed by atoms with Gasteiger partial charge in [-0.25, -0.2) is 0 Å². The minimum atomic E-state index is 0.754. The van der Waals surface area contributed by atoms with E-state index in [4.69, 9.17) is 4.74 Å². The molecule has 0 radical (unpaired) electrons. The lowest BCUT2D eigenvalue weighted by Gasteiger charge is -2.04. The number of aromatic nitrogens is 3. The van der Waals surface area contributed by atoms with Crippen LogP contribution in [-0.2, 0) is 5.75 Å². The van der Waals surface area contributed by atoms with Crippen molar-refractivity contribution in [1.29, 1.82) is 0 Å². The maximum atomic E-state index is 5.23. The van der Waals surface area contributed by atoms with Crippen molar-refractivity contribution in [3.63, 3.8) is 0 Å². The number of hydrogen-bond acceptors (Lipinski definition) is 5. The summed E-state index contributed by atoms with van der Waals surface area (Å²) < 4.78 is 7.79. The number of hydrogen-bond donors (Lipinski definition) is 0. The zero-order valence-electron chi connectivity index (χ0n) is 13.9. The molecule has 128 valence electrons. The van der Waals surface area contributed by atoms with Gasteiger partial charge >= 0.3 is 0 Å². The predicted octanol–water partition coefficient (Wildman–Crippen LogP) is 4.53. The smallest absolute Gasteiger partial charge is 0.212 e. The lowest BCUT2D eigenvalue weighted by Crippen LogP contribution is -1.93. The van der Waals surface area contributed by atoms with E-state index in [2.05, 4.69) is 62.4 Å². The third kappa shape index (κ3) is 4.70. The average molecular weight is 417 g/mol. The first-order valence-corrected chi connectivity index (χ1v) is 9.40. The molecule has 0 N–H and O–H groups in total. The maximum absolute atomic E-state index is 5.23. The van der Waals surface area contributed by atoms with Gasteiger partial charge in [0.2, 0.25) is 5.16 Å². The molecule has 0 fully saturated rings. The number of halogens is 1. The van der Waals surface area contributed by atoms with Crippen LogP contribution in [0.25, 0.3) is 0 Å². The Kier molecular flexibility index (Phi) is 5.88. The third-order valence-electron chi connectivity index (χ3n) is 3.50. The molecular formula is C18H17BrN4OS. The van der Waals surface area contributed by atoms with E-state index in [-0.39, 0.29) is 0 Å². The largest absolute Gasteiger partial charge is 0.496 e. The molecule has 0 aliphatic heterocycles. The van der Waals surface area contributed by atoms with Crippen molar-refractivity contribution >= 4 is 33.9 Å². The van der Waals surface area contributed by atoms with Crippen LogP contribution in [0.2, 0.25) is 0 Å². The van der Waals surface area contributed by atoms with E-state index in [0.717, 1.165) is 26.7 Å². The zero-order valence-corrected chi connectivity index (χ0v) is 16.3. The number of methoxy groups -OCH3 is 1. The predicted molar refractivity (Wildman–Crippen MR) is 104 cm³/mol. The second kappa shape index (κ2) is 8.31. The third-order valence-corrected chi connectivity index (χ3v) is 5.12. The van der Waals surface area contributed by atoms with Crippen molar-refractivity contribution in [3.05, 3.63) is 70.0 Å². The molecule has 0 saturated heterocycles. The minimum absolute atomic E-state index is 0.754. The van der Waals surface area contributed by atoms with E-state index < -0.39 is 0 Å². The van der Waals surface area contributed by atoms with Gasteiger partial charge in [-0.1, -0.05) is 41.6 Å². The van der Waals surface area contributed by atoms with E-state index >= 15 is 0 Å². The Hall–Kier alpha value is -2.12. The molecule has 0 aliphatic rings. The van der Waals surface area contributed by atoms with E-state index in [9.17, 15) is 0 Å². The second-order valence-electron chi connectivity index (χ2n) is 5.37. The van der Waals surface area contributed by atoms with Crippen LogP contribution >= 0.6 is 27.7 Å². The maximum Gasteiger partial charge on any atom is 0.212 e. The molecule has 0 aliphatic carbocycles. The molecule has 5 nitrogen and oxygen atoms in total. The fourth-order valence-corrected chi connectivity index (χ4v) is 3.50. The normalized spacial score (nSPS) is 11.2. The van der Waals surface area contributed by atoms with Crippen LogP contribution in [-0.4, -0.2) is 28.2 Å². The quantitative estimate of drug-likeness (QED) is 0.437. The highest BCUT2D eigenvalue weighted by Gasteiger charge is 2.05. The second-order valence-corrected chi connectivity index (χ2v) is 7.17. The van der Waals surface area contributed by atoms with Crippen LogP contribution in [0.1, 0.15) is 16.7 Å². The Morgan fingerprint density at radius 3 is 2.76 bits per heavy atom. The summed E-state index contributed by atoms with van der Waals surface area (Å²) in [6.45, 7) is 2.08. The Morgan fingerprint density at radius 1 is 1.24 bits per heavy atom. The molecule has 0 unspecified atom stereocenters. The number of rotatable bonds is 6. The molecule has 1 heterocycles. The summed E-state index contributed by atoms with van der Waals surface area (Å²) in [5.41, 5.74) is 3.45. The van der Waals surface area contributed by atoms with Gasteiger partial charge in [0.25, 0.3) is 0 Å². The lowest BCUT2D eigenvalue weighted by molar-refractivity contribution is 0.412. The molecule has 0 bridgehead atoms. The van der Waals surface area contributed by atoms with Crippen molar-refractivity contribution in [3.8, 4) is 5.75 Å². The SMILES string of the molecule is COc1ccc(/C=N\n2cnnc2SCc2ccc(C)cc2)cc1Br. The van der Waals surface area contributed by atoms with Gasteiger partial charge in [0.05, 0.1) is 17.8 Å². The number of benzene rings is 2. The first-order chi connectivity index (χ1) is 12.2. The van der Waals surface area contributed by atoms with Crippen LogP contribution in [0.5, 0.6) is 5.75 Å². The zero-order chi connectivity index (χ0) is 17.6. The molecule has 7 heteroatoms. The molecule has 0 spiro atoms. The molecule has 3 aromatic rings. The lowest BCUT2D eigenvalue weighted by atomic mass is 10.2. The highest BCUT2D eigenvalue weighted by atomic mass is 79.9. The van der Waals surface area contributed by atoms with E-state index in [1.54, 1.807) is 36.1 Å². The fourth-order valence-electron chi connectivity index (χ4n) is 2.12. The van der Waals surface area contributed by atoms with E-state index in [1.807, 2.05) is 18.2 Å². The van der Waals surface area contributed by atoms with Gasteiger partial charge < -0.3 is 4.74 Å². The monoisotopic (exact) mass is 416 g/mol. The molecule has 25 heavy (non-hydrogen) atoms. The van der Waals surface area contributed by atoms with Gasteiger partial charge in [-0.15, -0.1) is 10.2 Å². The standard InChI is InChI=1S/C18H17BrN4OS/c1-13-3-5-14(6-4-13)11-25-18-22-20-12-23(18)21-10-15-7-8-17(24-2)16(19)9-15/h3-10,12H,11H2,1-2H3/b21-10-. The van der Waals surface area contributed by atoms with Gasteiger partial charge in [-0.3, -0.25) is 0 Å². The topological polar surface area (TPSA) is 52.3 Å². The summed E-state index contributed by atoms with van der Waals surface area (Å²) in [4.78, 5) is 0. The van der Waals surface area contributed by atoms with Gasteiger partial charge in [0, 0.05) is 5.75 Å². The molecular weight excluding hydrogens is 400 g/mol. The van der Waals surface area contributed by atoms with E-state index in [0.29, 0.717) is 0 Å². The number of thioether (sulfide) groups is 1. The number of aryl methyl sites for hydroxylation is 1. The van der Waals surface area contributed by atoms with Gasteiger partial charge in [-0.05, 0) is 52.2 Å². The number of nitrogens with zero attached hydrogens (tertiary/aromatic N) is 4. The van der Waals surface area contributed by atoms with Crippen LogP contribution in [0.4, 0.5) is 0 Å². The first kappa shape index (κ1) is 17.7. The van der Waals surface area contributed by atoms with Crippen LogP contribution in [0.3, 0.4) is 0 Å². The molecule has 0 atom stereocenters. The van der Waals surface area contributed by atoms with Gasteiger partial charge in [0.15, 0.2) is 0 Å². The van der Waals surface area contributed by atoms with E-state index in [1.165, 1.54) is 11.1 Å². The van der Waals surface area contributed by atoms with Crippen LogP contribution in [0, 0.1) is 6.92 Å². The fraction of sp³-hybridized carbons (Fsp3) is 0.167. The summed E-state index contributed by atoms with van der Waals surface area (Å²) in [5.74, 6) is 1.61. The highest BCUT2D eigenvalue weighted by molar-refractivity contribution is 9.10. The Balaban J connectivity index is 1.68. The van der Waals surface area contributed by atoms with Crippen molar-refractivity contribution in [2.75, 3.05) is 7.11 Å². The summed E-state index contributed by atoms with van der Waals surface area (Å²) >= 11 is 5.08. The molecule has 2 aromatic carbocycles. The first-order valence-electron chi connectivity index (χ1n) is 7.62. The van der Waals surface area contributed by atoms with Crippen LogP contribution < -0.4 is 4.74 Å². The van der Waals surface area contributed by atoms with Crippen molar-refractivity contribution < 1.29 is 4.74 Å². The summed E-state index contributed by atoms with van der Waals surface area (Å²) in [6.07, 6.45) is 3.37. The molecule has 3 rings (SSSR count). The summed E-state index contributed by atoms with van der Waals surface area (Å²) in [6, 6.07) is 14.3. The highest BCUT2D eigenvalue weighted by Crippen LogP contribution is 2.25. The summed E-state index contributed by atoms with van der Waals surface area (Å²) in [7, 11) is 1.64. The minimum Gasteiger partial charge on any atom is -0.496 e. The molecule has 1 aromatic heterocycles. The molecule has 0 amide bonds. The Labute approximate surface area is 159 Å².